The van der Waals surface area contributed by atoms with Crippen LogP contribution in [0, 0.1) is 17.8 Å². The lowest BCUT2D eigenvalue weighted by molar-refractivity contribution is -0.161. The van der Waals surface area contributed by atoms with Crippen LogP contribution in [0.5, 0.6) is 0 Å². The summed E-state index contributed by atoms with van der Waals surface area (Å²) in [6, 6.07) is 0. The Morgan fingerprint density at radius 2 is 0.548 bits per heavy atom. The zero-order valence-corrected chi connectivity index (χ0v) is 62.5. The largest absolute Gasteiger partial charge is 0.472 e. The maximum absolute atomic E-state index is 13.1. The summed E-state index contributed by atoms with van der Waals surface area (Å²) in [4.78, 5) is 72.7. The fourth-order valence-electron chi connectivity index (χ4n) is 11.2. The molecule has 0 bridgehead atoms. The summed E-state index contributed by atoms with van der Waals surface area (Å²) in [5, 5.41) is 10.6. The van der Waals surface area contributed by atoms with Crippen molar-refractivity contribution in [2.75, 3.05) is 39.6 Å². The molecule has 0 aliphatic rings. The SMILES string of the molecule is CCCCCCCCCCCCC(=O)OC[C@H](COP(=O)(O)OC[C@H](O)COP(=O)(O)OC[C@@H](COC(=O)CCCCCCCCCCCCCCC(C)C)OC(=O)CCCCCCCCCCCCCCCC(C)C)OC(=O)CCCCCCCCCCC(C)CC. The van der Waals surface area contributed by atoms with Gasteiger partial charge in [0.05, 0.1) is 26.4 Å². The molecule has 0 rings (SSSR count). The van der Waals surface area contributed by atoms with Crippen LogP contribution in [0.4, 0.5) is 0 Å². The van der Waals surface area contributed by atoms with Crippen molar-refractivity contribution in [3.63, 3.8) is 0 Å². The number of phosphoric ester groups is 2. The molecule has 0 heterocycles. The van der Waals surface area contributed by atoms with E-state index in [9.17, 15) is 43.2 Å². The molecular formula is C74H144O17P2. The summed E-state index contributed by atoms with van der Waals surface area (Å²) in [6.07, 6.45) is 49.8. The van der Waals surface area contributed by atoms with E-state index in [-0.39, 0.29) is 25.7 Å². The fraction of sp³-hybridized carbons (Fsp3) is 0.946. The van der Waals surface area contributed by atoms with Gasteiger partial charge in [-0.1, -0.05) is 325 Å². The van der Waals surface area contributed by atoms with Crippen LogP contribution in [0.1, 0.15) is 376 Å². The highest BCUT2D eigenvalue weighted by atomic mass is 31.2. The van der Waals surface area contributed by atoms with Crippen LogP contribution in [-0.2, 0) is 65.4 Å². The molecule has 0 aromatic carbocycles. The van der Waals surface area contributed by atoms with Gasteiger partial charge in [0.15, 0.2) is 12.2 Å². The Bertz CT molecular complexity index is 1820. The van der Waals surface area contributed by atoms with Crippen LogP contribution < -0.4 is 0 Å². The van der Waals surface area contributed by atoms with E-state index in [4.69, 9.17) is 37.0 Å². The zero-order chi connectivity index (χ0) is 68.7. The summed E-state index contributed by atoms with van der Waals surface area (Å²) in [5.74, 6) is 0.217. The van der Waals surface area contributed by atoms with Crippen molar-refractivity contribution in [3.8, 4) is 0 Å². The average Bonchev–Trinajstić information content (AvgIpc) is 1.56. The van der Waals surface area contributed by atoms with Crippen molar-refractivity contribution in [2.24, 2.45) is 17.8 Å². The van der Waals surface area contributed by atoms with E-state index in [0.29, 0.717) is 25.7 Å². The quantitative estimate of drug-likeness (QED) is 0.0222. The number of ether oxygens (including phenoxy) is 4. The highest BCUT2D eigenvalue weighted by molar-refractivity contribution is 7.47. The summed E-state index contributed by atoms with van der Waals surface area (Å²) in [6.45, 7) is 11.9. The Labute approximate surface area is 568 Å². The minimum Gasteiger partial charge on any atom is -0.462 e. The topological polar surface area (TPSA) is 237 Å². The molecule has 0 amide bonds. The second-order valence-electron chi connectivity index (χ2n) is 27.9. The number of carbonyl (C=O) groups excluding carboxylic acids is 4. The van der Waals surface area contributed by atoms with Gasteiger partial charge < -0.3 is 33.8 Å². The summed E-state index contributed by atoms with van der Waals surface area (Å²) in [7, 11) is -9.91. The lowest BCUT2D eigenvalue weighted by atomic mass is 9.99. The molecule has 19 heteroatoms. The minimum absolute atomic E-state index is 0.105. The maximum atomic E-state index is 13.1. The third kappa shape index (κ3) is 67.0. The Morgan fingerprint density at radius 1 is 0.312 bits per heavy atom. The number of carbonyl (C=O) groups is 4. The normalized spacial score (nSPS) is 14.4. The number of hydrogen-bond acceptors (Lipinski definition) is 15. The van der Waals surface area contributed by atoms with Crippen LogP contribution in [0.2, 0.25) is 0 Å². The standard InChI is InChI=1S/C74H144O17P2/c1-8-10-11-12-13-14-26-34-41-48-55-71(76)84-62-70(91-74(79)58-51-44-37-30-29-33-40-47-54-67(7)9-2)64-89-93(82,83)87-60-68(75)59-86-92(80,81)88-63-69(61-85-72(77)56-49-42-35-27-22-19-18-21-25-32-39-46-53-66(5)6)90-73(78)57-50-43-36-28-23-17-15-16-20-24-31-38-45-52-65(3)4/h65-70,75H,8-64H2,1-7H3,(H,80,81)(H,82,83)/t67?,68-,69-,70-/m1/s1. The first-order valence-corrected chi connectivity index (χ1v) is 41.4. The van der Waals surface area contributed by atoms with Gasteiger partial charge in [0.2, 0.25) is 0 Å². The van der Waals surface area contributed by atoms with Crippen LogP contribution in [0.3, 0.4) is 0 Å². The van der Waals surface area contributed by atoms with Crippen LogP contribution in [0.25, 0.3) is 0 Å². The van der Waals surface area contributed by atoms with Crippen molar-refractivity contribution < 1.29 is 80.2 Å². The summed E-state index contributed by atoms with van der Waals surface area (Å²) < 4.78 is 68.4. The van der Waals surface area contributed by atoms with E-state index in [2.05, 4.69) is 48.5 Å². The Balaban J connectivity index is 5.26. The van der Waals surface area contributed by atoms with Crippen LogP contribution >= 0.6 is 15.6 Å². The second kappa shape index (κ2) is 64.7. The van der Waals surface area contributed by atoms with E-state index >= 15 is 0 Å². The third-order valence-electron chi connectivity index (χ3n) is 17.5. The van der Waals surface area contributed by atoms with Gasteiger partial charge in [-0.25, -0.2) is 9.13 Å². The molecule has 552 valence electrons. The monoisotopic (exact) mass is 1370 g/mol. The molecule has 6 atom stereocenters. The van der Waals surface area contributed by atoms with E-state index in [0.717, 1.165) is 108 Å². The van der Waals surface area contributed by atoms with Crippen LogP contribution in [-0.4, -0.2) is 96.7 Å². The molecule has 0 spiro atoms. The van der Waals surface area contributed by atoms with Crippen molar-refractivity contribution in [1.29, 1.82) is 0 Å². The molecule has 0 aromatic rings. The number of aliphatic hydroxyl groups excluding tert-OH is 1. The molecule has 3 N–H and O–H groups in total. The smallest absolute Gasteiger partial charge is 0.462 e. The summed E-state index contributed by atoms with van der Waals surface area (Å²) in [5.41, 5.74) is 0. The lowest BCUT2D eigenvalue weighted by Crippen LogP contribution is -2.30. The Morgan fingerprint density at radius 3 is 0.817 bits per heavy atom. The first kappa shape index (κ1) is 91.1. The number of aliphatic hydroxyl groups is 1. The van der Waals surface area contributed by atoms with Gasteiger partial charge in [-0.3, -0.25) is 37.3 Å². The molecule has 0 saturated carbocycles. The number of unbranched alkanes of at least 4 members (excludes halogenated alkanes) is 39. The molecule has 0 fully saturated rings. The van der Waals surface area contributed by atoms with Crippen molar-refractivity contribution in [3.05, 3.63) is 0 Å². The highest BCUT2D eigenvalue weighted by Gasteiger charge is 2.30. The van der Waals surface area contributed by atoms with Gasteiger partial charge in [-0.2, -0.15) is 0 Å². The second-order valence-corrected chi connectivity index (χ2v) is 30.8. The first-order valence-electron chi connectivity index (χ1n) is 38.4. The predicted octanol–water partition coefficient (Wildman–Crippen LogP) is 21.4. The summed E-state index contributed by atoms with van der Waals surface area (Å²) >= 11 is 0. The number of esters is 4. The zero-order valence-electron chi connectivity index (χ0n) is 60.7. The molecule has 0 aromatic heterocycles. The molecule has 0 aliphatic heterocycles. The van der Waals surface area contributed by atoms with Crippen molar-refractivity contribution in [1.82, 2.24) is 0 Å². The van der Waals surface area contributed by atoms with Crippen molar-refractivity contribution in [2.45, 2.75) is 394 Å². The van der Waals surface area contributed by atoms with Gasteiger partial charge in [0, 0.05) is 25.7 Å². The maximum Gasteiger partial charge on any atom is 0.472 e. The number of rotatable bonds is 72. The van der Waals surface area contributed by atoms with Gasteiger partial charge in [0.1, 0.15) is 19.3 Å². The molecule has 3 unspecified atom stereocenters. The Hall–Kier alpha value is -1.94. The highest BCUT2D eigenvalue weighted by Crippen LogP contribution is 2.45. The Kier molecular flexibility index (Phi) is 63.4. The van der Waals surface area contributed by atoms with Crippen molar-refractivity contribution >= 4 is 39.5 Å². The fourth-order valence-corrected chi connectivity index (χ4v) is 12.8. The van der Waals surface area contributed by atoms with Gasteiger partial charge in [-0.05, 0) is 43.4 Å². The first-order chi connectivity index (χ1) is 44.8. The molecule has 0 saturated heterocycles. The van der Waals surface area contributed by atoms with Gasteiger partial charge in [-0.15, -0.1) is 0 Å². The number of hydrogen-bond donors (Lipinski definition) is 3. The van der Waals surface area contributed by atoms with Gasteiger partial charge >= 0.3 is 39.5 Å². The van der Waals surface area contributed by atoms with E-state index in [1.54, 1.807) is 0 Å². The van der Waals surface area contributed by atoms with E-state index in [1.165, 1.54) is 186 Å². The predicted molar refractivity (Wildman–Crippen MR) is 377 cm³/mol. The minimum atomic E-state index is -4.96. The lowest BCUT2D eigenvalue weighted by Gasteiger charge is -2.21. The molecule has 17 nitrogen and oxygen atoms in total. The molecule has 0 radical (unpaired) electrons. The third-order valence-corrected chi connectivity index (χ3v) is 19.4. The van der Waals surface area contributed by atoms with Crippen LogP contribution in [0.15, 0.2) is 0 Å². The van der Waals surface area contributed by atoms with E-state index < -0.39 is 97.5 Å². The van der Waals surface area contributed by atoms with E-state index in [1.807, 2.05) is 0 Å². The molecule has 93 heavy (non-hydrogen) atoms. The van der Waals surface area contributed by atoms with Gasteiger partial charge in [0.25, 0.3) is 0 Å². The number of phosphoric acid groups is 2. The molecule has 0 aliphatic carbocycles. The average molecular weight is 1370 g/mol. The molecular weight excluding hydrogens is 1220 g/mol.